The van der Waals surface area contributed by atoms with E-state index in [9.17, 15) is 9.59 Å². The first kappa shape index (κ1) is 20.7. The Bertz CT molecular complexity index is 887. The topological polar surface area (TPSA) is 61.9 Å². The molecule has 1 fully saturated rings. The third-order valence-corrected chi connectivity index (χ3v) is 5.33. The number of para-hydroxylation sites is 1. The second kappa shape index (κ2) is 8.99. The van der Waals surface area contributed by atoms with Gasteiger partial charge in [0.1, 0.15) is 5.75 Å². The highest BCUT2D eigenvalue weighted by Crippen LogP contribution is 2.27. The van der Waals surface area contributed by atoms with Crippen LogP contribution < -0.4 is 10.1 Å². The molecule has 2 aromatic rings. The Labute approximate surface area is 172 Å². The number of carbonyl (C=O) groups is 2. The van der Waals surface area contributed by atoms with E-state index >= 15 is 0 Å². The van der Waals surface area contributed by atoms with Crippen LogP contribution >= 0.6 is 0 Å². The number of amides is 3. The standard InChI is InChI=1S/C23H29N3O3/c1-16(2)20-10-5-7-17(3)21(20)24-23(28)26-13-11-25(12-14-26)22(27)18-8-6-9-19(15-18)29-4/h5-10,15-16H,11-14H2,1-4H3,(H,24,28). The summed E-state index contributed by atoms with van der Waals surface area (Å²) in [7, 11) is 1.58. The Morgan fingerprint density at radius 1 is 1.00 bits per heavy atom. The fourth-order valence-electron chi connectivity index (χ4n) is 3.58. The summed E-state index contributed by atoms with van der Waals surface area (Å²) in [6.07, 6.45) is 0. The normalized spacial score (nSPS) is 14.1. The fraction of sp³-hybridized carbons (Fsp3) is 0.391. The maximum Gasteiger partial charge on any atom is 0.321 e. The summed E-state index contributed by atoms with van der Waals surface area (Å²) in [5.41, 5.74) is 3.67. The highest BCUT2D eigenvalue weighted by Gasteiger charge is 2.26. The number of hydrogen-bond acceptors (Lipinski definition) is 3. The molecule has 6 nitrogen and oxygen atoms in total. The van der Waals surface area contributed by atoms with Crippen LogP contribution in [0.25, 0.3) is 0 Å². The van der Waals surface area contributed by atoms with E-state index in [4.69, 9.17) is 4.74 Å². The number of anilines is 1. The van der Waals surface area contributed by atoms with Crippen molar-refractivity contribution in [3.8, 4) is 5.75 Å². The van der Waals surface area contributed by atoms with Gasteiger partial charge in [-0.1, -0.05) is 38.1 Å². The van der Waals surface area contributed by atoms with Crippen molar-refractivity contribution in [3.05, 3.63) is 59.2 Å². The van der Waals surface area contributed by atoms with Gasteiger partial charge in [-0.2, -0.15) is 0 Å². The number of piperazine rings is 1. The van der Waals surface area contributed by atoms with Gasteiger partial charge in [-0.25, -0.2) is 4.79 Å². The van der Waals surface area contributed by atoms with E-state index in [1.54, 1.807) is 29.0 Å². The maximum atomic E-state index is 12.8. The predicted molar refractivity (Wildman–Crippen MR) is 115 cm³/mol. The third-order valence-electron chi connectivity index (χ3n) is 5.33. The lowest BCUT2D eigenvalue weighted by Crippen LogP contribution is -2.51. The molecule has 29 heavy (non-hydrogen) atoms. The molecule has 0 saturated carbocycles. The van der Waals surface area contributed by atoms with E-state index in [2.05, 4.69) is 25.2 Å². The number of rotatable bonds is 4. The second-order valence-corrected chi connectivity index (χ2v) is 7.64. The minimum Gasteiger partial charge on any atom is -0.497 e. The minimum absolute atomic E-state index is 0.0371. The summed E-state index contributed by atoms with van der Waals surface area (Å²) < 4.78 is 5.20. The molecular formula is C23H29N3O3. The number of ether oxygens (including phenoxy) is 1. The summed E-state index contributed by atoms with van der Waals surface area (Å²) in [5.74, 6) is 0.945. The lowest BCUT2D eigenvalue weighted by molar-refractivity contribution is 0.0671. The first-order chi connectivity index (χ1) is 13.9. The van der Waals surface area contributed by atoms with E-state index in [0.29, 0.717) is 43.4 Å². The molecule has 6 heteroatoms. The molecule has 3 rings (SSSR count). The average molecular weight is 396 g/mol. The van der Waals surface area contributed by atoms with Crippen molar-refractivity contribution in [2.75, 3.05) is 38.6 Å². The van der Waals surface area contributed by atoms with Crippen LogP contribution in [0.5, 0.6) is 5.75 Å². The molecule has 0 atom stereocenters. The average Bonchev–Trinajstić information content (AvgIpc) is 2.74. The molecule has 0 aromatic heterocycles. The summed E-state index contributed by atoms with van der Waals surface area (Å²) in [6.45, 7) is 8.27. The number of methoxy groups -OCH3 is 1. The zero-order chi connectivity index (χ0) is 21.0. The van der Waals surface area contributed by atoms with Gasteiger partial charge in [-0.05, 0) is 42.2 Å². The van der Waals surface area contributed by atoms with Crippen molar-refractivity contribution >= 4 is 17.6 Å². The summed E-state index contributed by atoms with van der Waals surface area (Å²) in [6, 6.07) is 13.1. The molecule has 0 aliphatic carbocycles. The van der Waals surface area contributed by atoms with E-state index in [1.807, 2.05) is 31.2 Å². The van der Waals surface area contributed by atoms with Gasteiger partial charge in [-0.3, -0.25) is 4.79 Å². The van der Waals surface area contributed by atoms with Gasteiger partial charge in [0, 0.05) is 37.4 Å². The minimum atomic E-state index is -0.116. The summed E-state index contributed by atoms with van der Waals surface area (Å²) in [4.78, 5) is 29.1. The molecule has 3 amide bonds. The Kier molecular flexibility index (Phi) is 6.42. The molecule has 0 spiro atoms. The van der Waals surface area contributed by atoms with Crippen molar-refractivity contribution < 1.29 is 14.3 Å². The van der Waals surface area contributed by atoms with Gasteiger partial charge < -0.3 is 19.9 Å². The van der Waals surface area contributed by atoms with Crippen LogP contribution in [0.4, 0.5) is 10.5 Å². The van der Waals surface area contributed by atoms with E-state index in [0.717, 1.165) is 16.8 Å². The lowest BCUT2D eigenvalue weighted by Gasteiger charge is -2.35. The molecule has 0 bridgehead atoms. The Balaban J connectivity index is 1.62. The van der Waals surface area contributed by atoms with Gasteiger partial charge in [-0.15, -0.1) is 0 Å². The van der Waals surface area contributed by atoms with Crippen LogP contribution in [0.15, 0.2) is 42.5 Å². The van der Waals surface area contributed by atoms with Gasteiger partial charge in [0.05, 0.1) is 7.11 Å². The van der Waals surface area contributed by atoms with Crippen LogP contribution in [0.2, 0.25) is 0 Å². The molecule has 1 heterocycles. The highest BCUT2D eigenvalue weighted by atomic mass is 16.5. The number of hydrogen-bond donors (Lipinski definition) is 1. The SMILES string of the molecule is COc1cccc(C(=O)N2CCN(C(=O)Nc3c(C)cccc3C(C)C)CC2)c1. The van der Waals surface area contributed by atoms with Crippen molar-refractivity contribution in [1.82, 2.24) is 9.80 Å². The number of nitrogens with one attached hydrogen (secondary N) is 1. The zero-order valence-electron chi connectivity index (χ0n) is 17.6. The van der Waals surface area contributed by atoms with Crippen molar-refractivity contribution in [2.24, 2.45) is 0 Å². The van der Waals surface area contributed by atoms with Crippen molar-refractivity contribution in [2.45, 2.75) is 26.7 Å². The van der Waals surface area contributed by atoms with Gasteiger partial charge in [0.2, 0.25) is 0 Å². The first-order valence-corrected chi connectivity index (χ1v) is 9.99. The van der Waals surface area contributed by atoms with Gasteiger partial charge in [0.25, 0.3) is 5.91 Å². The maximum absolute atomic E-state index is 12.8. The first-order valence-electron chi connectivity index (χ1n) is 9.99. The highest BCUT2D eigenvalue weighted by molar-refractivity contribution is 5.95. The van der Waals surface area contributed by atoms with Crippen LogP contribution in [0, 0.1) is 6.92 Å². The molecule has 1 aliphatic rings. The Morgan fingerprint density at radius 2 is 1.66 bits per heavy atom. The van der Waals surface area contributed by atoms with Crippen LogP contribution in [-0.2, 0) is 0 Å². The number of urea groups is 1. The predicted octanol–water partition coefficient (Wildman–Crippen LogP) is 4.12. The zero-order valence-corrected chi connectivity index (χ0v) is 17.6. The second-order valence-electron chi connectivity index (χ2n) is 7.64. The van der Waals surface area contributed by atoms with Gasteiger partial charge >= 0.3 is 6.03 Å². The Morgan fingerprint density at radius 3 is 2.31 bits per heavy atom. The third kappa shape index (κ3) is 4.70. The largest absolute Gasteiger partial charge is 0.497 e. The van der Waals surface area contributed by atoms with Crippen LogP contribution in [0.1, 0.15) is 41.3 Å². The molecule has 1 N–H and O–H groups in total. The summed E-state index contributed by atoms with van der Waals surface area (Å²) in [5, 5.41) is 3.09. The lowest BCUT2D eigenvalue weighted by atomic mass is 9.98. The molecule has 0 unspecified atom stereocenters. The van der Waals surface area contributed by atoms with Crippen LogP contribution in [0.3, 0.4) is 0 Å². The monoisotopic (exact) mass is 395 g/mol. The quantitative estimate of drug-likeness (QED) is 0.847. The number of benzene rings is 2. The number of carbonyl (C=O) groups excluding carboxylic acids is 2. The molecule has 2 aromatic carbocycles. The number of nitrogens with zero attached hydrogens (tertiary/aromatic N) is 2. The molecule has 1 saturated heterocycles. The van der Waals surface area contributed by atoms with Crippen molar-refractivity contribution in [1.29, 1.82) is 0 Å². The Hall–Kier alpha value is -3.02. The number of aryl methyl sites for hydroxylation is 1. The molecular weight excluding hydrogens is 366 g/mol. The van der Waals surface area contributed by atoms with E-state index < -0.39 is 0 Å². The van der Waals surface area contributed by atoms with E-state index in [-0.39, 0.29) is 11.9 Å². The van der Waals surface area contributed by atoms with Crippen LogP contribution in [-0.4, -0.2) is 55.0 Å². The fourth-order valence-corrected chi connectivity index (χ4v) is 3.58. The molecule has 1 aliphatic heterocycles. The summed E-state index contributed by atoms with van der Waals surface area (Å²) >= 11 is 0. The van der Waals surface area contributed by atoms with Gasteiger partial charge in [0.15, 0.2) is 0 Å². The van der Waals surface area contributed by atoms with Crippen molar-refractivity contribution in [3.63, 3.8) is 0 Å². The molecule has 154 valence electrons. The molecule has 0 radical (unpaired) electrons. The smallest absolute Gasteiger partial charge is 0.321 e. The van der Waals surface area contributed by atoms with E-state index in [1.165, 1.54) is 0 Å².